The van der Waals surface area contributed by atoms with Crippen molar-refractivity contribution >= 4 is 5.97 Å². The Kier molecular flexibility index (Phi) is 6.60. The predicted molar refractivity (Wildman–Crippen MR) is 64.5 cm³/mol. The first kappa shape index (κ1) is 15.4. The molecule has 0 heterocycles. The molecule has 0 aromatic rings. The maximum Gasteiger partial charge on any atom is 0.303 e. The highest BCUT2D eigenvalue weighted by molar-refractivity contribution is 5.66. The molecule has 0 spiro atoms. The molecule has 0 saturated carbocycles. The lowest BCUT2D eigenvalue weighted by Gasteiger charge is -2.33. The standard InChI is InChI=1S/C12H25NO3/c1-5-12(4,16)9-13(10(2)3)8-6-7-11(14)15/h10,16H,5-9H2,1-4H3,(H,14,15). The molecule has 96 valence electrons. The van der Waals surface area contributed by atoms with E-state index in [1.807, 2.05) is 13.8 Å². The van der Waals surface area contributed by atoms with E-state index in [9.17, 15) is 9.90 Å². The quantitative estimate of drug-likeness (QED) is 0.668. The van der Waals surface area contributed by atoms with Crippen molar-refractivity contribution in [2.75, 3.05) is 13.1 Å². The molecule has 0 fully saturated rings. The summed E-state index contributed by atoms with van der Waals surface area (Å²) in [6, 6.07) is 0.326. The second-order valence-corrected chi connectivity index (χ2v) is 4.91. The first-order valence-corrected chi connectivity index (χ1v) is 5.96. The third kappa shape index (κ3) is 6.80. The Bertz CT molecular complexity index is 214. The van der Waals surface area contributed by atoms with Crippen molar-refractivity contribution in [2.45, 2.75) is 58.6 Å². The number of hydrogen-bond donors (Lipinski definition) is 2. The van der Waals surface area contributed by atoms with Gasteiger partial charge in [-0.2, -0.15) is 0 Å². The second kappa shape index (κ2) is 6.86. The highest BCUT2D eigenvalue weighted by atomic mass is 16.4. The van der Waals surface area contributed by atoms with Crippen LogP contribution in [0, 0.1) is 0 Å². The molecule has 0 aliphatic carbocycles. The van der Waals surface area contributed by atoms with Crippen molar-refractivity contribution in [3.8, 4) is 0 Å². The molecule has 0 bridgehead atoms. The number of nitrogens with zero attached hydrogens (tertiary/aromatic N) is 1. The van der Waals surface area contributed by atoms with E-state index in [-0.39, 0.29) is 6.42 Å². The number of carbonyl (C=O) groups is 1. The van der Waals surface area contributed by atoms with Crippen LogP contribution in [0.4, 0.5) is 0 Å². The van der Waals surface area contributed by atoms with Gasteiger partial charge in [0, 0.05) is 19.0 Å². The van der Waals surface area contributed by atoms with Gasteiger partial charge >= 0.3 is 5.97 Å². The zero-order valence-electron chi connectivity index (χ0n) is 10.9. The molecule has 1 atom stereocenters. The maximum absolute atomic E-state index is 10.4. The number of aliphatic carboxylic acids is 1. The summed E-state index contributed by atoms with van der Waals surface area (Å²) in [7, 11) is 0. The summed E-state index contributed by atoms with van der Waals surface area (Å²) >= 11 is 0. The SMILES string of the molecule is CCC(C)(O)CN(CCCC(=O)O)C(C)C. The van der Waals surface area contributed by atoms with Gasteiger partial charge in [-0.25, -0.2) is 0 Å². The van der Waals surface area contributed by atoms with E-state index in [1.165, 1.54) is 0 Å². The molecule has 4 nitrogen and oxygen atoms in total. The van der Waals surface area contributed by atoms with E-state index in [0.717, 1.165) is 6.54 Å². The van der Waals surface area contributed by atoms with Gasteiger partial charge in [0.25, 0.3) is 0 Å². The summed E-state index contributed by atoms with van der Waals surface area (Å²) in [4.78, 5) is 12.6. The molecule has 1 unspecified atom stereocenters. The van der Waals surface area contributed by atoms with E-state index in [1.54, 1.807) is 0 Å². The highest BCUT2D eigenvalue weighted by Crippen LogP contribution is 2.13. The van der Waals surface area contributed by atoms with E-state index < -0.39 is 11.6 Å². The third-order valence-electron chi connectivity index (χ3n) is 2.87. The van der Waals surface area contributed by atoms with Crippen LogP contribution >= 0.6 is 0 Å². The van der Waals surface area contributed by atoms with Gasteiger partial charge in [0.1, 0.15) is 0 Å². The molecule has 0 saturated heterocycles. The Hall–Kier alpha value is -0.610. The van der Waals surface area contributed by atoms with Crippen LogP contribution in [0.2, 0.25) is 0 Å². The Labute approximate surface area is 98.3 Å². The van der Waals surface area contributed by atoms with Gasteiger partial charge in [-0.1, -0.05) is 6.92 Å². The van der Waals surface area contributed by atoms with Crippen molar-refractivity contribution < 1.29 is 15.0 Å². The van der Waals surface area contributed by atoms with Crippen molar-refractivity contribution in [1.29, 1.82) is 0 Å². The zero-order chi connectivity index (χ0) is 12.8. The van der Waals surface area contributed by atoms with Crippen LogP contribution in [-0.4, -0.2) is 45.8 Å². The predicted octanol–water partition coefficient (Wildman–Crippen LogP) is 1.72. The van der Waals surface area contributed by atoms with Crippen LogP contribution in [0.1, 0.15) is 47.0 Å². The van der Waals surface area contributed by atoms with Crippen LogP contribution in [0.3, 0.4) is 0 Å². The summed E-state index contributed by atoms with van der Waals surface area (Å²) in [5.74, 6) is -0.758. The Morgan fingerprint density at radius 1 is 1.44 bits per heavy atom. The Balaban J connectivity index is 4.13. The minimum Gasteiger partial charge on any atom is -0.481 e. The first-order chi connectivity index (χ1) is 7.28. The molecule has 0 aromatic heterocycles. The highest BCUT2D eigenvalue weighted by Gasteiger charge is 2.23. The molecule has 0 aromatic carbocycles. The van der Waals surface area contributed by atoms with Gasteiger partial charge in [-0.3, -0.25) is 9.69 Å². The Morgan fingerprint density at radius 2 is 2.00 bits per heavy atom. The van der Waals surface area contributed by atoms with Crippen LogP contribution < -0.4 is 0 Å². The second-order valence-electron chi connectivity index (χ2n) is 4.91. The van der Waals surface area contributed by atoms with Crippen LogP contribution in [0.15, 0.2) is 0 Å². The molecule has 16 heavy (non-hydrogen) atoms. The normalized spacial score (nSPS) is 15.4. The minimum absolute atomic E-state index is 0.192. The molecule has 2 N–H and O–H groups in total. The van der Waals surface area contributed by atoms with Crippen molar-refractivity contribution in [2.24, 2.45) is 0 Å². The summed E-state index contributed by atoms with van der Waals surface area (Å²) < 4.78 is 0. The number of rotatable bonds is 8. The molecule has 0 rings (SSSR count). The van der Waals surface area contributed by atoms with Crippen molar-refractivity contribution in [3.63, 3.8) is 0 Å². The summed E-state index contributed by atoms with van der Waals surface area (Å²) in [5.41, 5.74) is -0.687. The molecule has 0 aliphatic rings. The lowest BCUT2D eigenvalue weighted by atomic mass is 10.0. The average molecular weight is 231 g/mol. The van der Waals surface area contributed by atoms with E-state index >= 15 is 0 Å². The van der Waals surface area contributed by atoms with Gasteiger partial charge in [-0.05, 0) is 40.2 Å². The fraction of sp³-hybridized carbons (Fsp3) is 0.917. The Morgan fingerprint density at radius 3 is 2.38 bits per heavy atom. The summed E-state index contributed by atoms with van der Waals surface area (Å²) in [6.07, 6.45) is 1.53. The number of carboxylic acids is 1. The molecule has 0 aliphatic heterocycles. The lowest BCUT2D eigenvalue weighted by molar-refractivity contribution is -0.137. The molecule has 4 heteroatoms. The zero-order valence-corrected chi connectivity index (χ0v) is 10.9. The van der Waals surface area contributed by atoms with Crippen LogP contribution in [0.5, 0.6) is 0 Å². The molecule has 0 radical (unpaired) electrons. The number of aliphatic hydroxyl groups is 1. The van der Waals surface area contributed by atoms with Crippen LogP contribution in [-0.2, 0) is 4.79 Å². The maximum atomic E-state index is 10.4. The molecular weight excluding hydrogens is 206 g/mol. The van der Waals surface area contributed by atoms with Gasteiger partial charge in [-0.15, -0.1) is 0 Å². The van der Waals surface area contributed by atoms with Crippen LogP contribution in [0.25, 0.3) is 0 Å². The number of carboxylic acid groups (broad SMARTS) is 1. The average Bonchev–Trinajstić information content (AvgIpc) is 2.15. The van der Waals surface area contributed by atoms with Crippen molar-refractivity contribution in [3.05, 3.63) is 0 Å². The first-order valence-electron chi connectivity index (χ1n) is 5.96. The van der Waals surface area contributed by atoms with Gasteiger partial charge < -0.3 is 10.2 Å². The van der Waals surface area contributed by atoms with Gasteiger partial charge in [0.2, 0.25) is 0 Å². The lowest BCUT2D eigenvalue weighted by Crippen LogP contribution is -2.44. The molecule has 0 amide bonds. The fourth-order valence-electron chi connectivity index (χ4n) is 1.50. The largest absolute Gasteiger partial charge is 0.481 e. The summed E-state index contributed by atoms with van der Waals surface area (Å²) in [5, 5.41) is 18.6. The monoisotopic (exact) mass is 231 g/mol. The topological polar surface area (TPSA) is 60.8 Å². The van der Waals surface area contributed by atoms with Crippen molar-refractivity contribution in [1.82, 2.24) is 4.90 Å². The fourth-order valence-corrected chi connectivity index (χ4v) is 1.50. The number of hydrogen-bond acceptors (Lipinski definition) is 3. The molecular formula is C12H25NO3. The van der Waals surface area contributed by atoms with E-state index in [0.29, 0.717) is 25.4 Å². The minimum atomic E-state index is -0.758. The van der Waals surface area contributed by atoms with E-state index in [4.69, 9.17) is 5.11 Å². The summed E-state index contributed by atoms with van der Waals surface area (Å²) in [6.45, 7) is 9.22. The van der Waals surface area contributed by atoms with Gasteiger partial charge in [0.05, 0.1) is 5.60 Å². The van der Waals surface area contributed by atoms with Gasteiger partial charge in [0.15, 0.2) is 0 Å². The van der Waals surface area contributed by atoms with E-state index in [2.05, 4.69) is 18.7 Å². The third-order valence-corrected chi connectivity index (χ3v) is 2.87. The smallest absolute Gasteiger partial charge is 0.303 e.